The molecule has 3 heterocycles. The second-order valence-corrected chi connectivity index (χ2v) is 5.64. The zero-order valence-corrected chi connectivity index (χ0v) is 12.2. The third-order valence-corrected chi connectivity index (χ3v) is 4.07. The zero-order valence-electron chi connectivity index (χ0n) is 11.5. The van der Waals surface area contributed by atoms with Crippen molar-refractivity contribution >= 4 is 39.5 Å². The van der Waals surface area contributed by atoms with Gasteiger partial charge in [0.2, 0.25) is 0 Å². The van der Waals surface area contributed by atoms with Crippen molar-refractivity contribution in [2.75, 3.05) is 31.1 Å². The van der Waals surface area contributed by atoms with Crippen LogP contribution in [0.5, 0.6) is 0 Å². The van der Waals surface area contributed by atoms with Crippen LogP contribution >= 0.6 is 11.6 Å². The number of furan rings is 1. The molecule has 1 aliphatic heterocycles. The minimum atomic E-state index is 0.685. The molecule has 0 radical (unpaired) electrons. The summed E-state index contributed by atoms with van der Waals surface area (Å²) in [5.74, 6) is 0.871. The number of hydrogen-bond donors (Lipinski definition) is 1. The van der Waals surface area contributed by atoms with Crippen LogP contribution in [0.3, 0.4) is 0 Å². The summed E-state index contributed by atoms with van der Waals surface area (Å²) < 4.78 is 5.99. The summed E-state index contributed by atoms with van der Waals surface area (Å²) in [6, 6.07) is 5.60. The van der Waals surface area contributed by atoms with E-state index in [9.17, 15) is 0 Å². The van der Waals surface area contributed by atoms with Crippen LogP contribution in [0, 0.1) is 0 Å². The average Bonchev–Trinajstić information content (AvgIpc) is 2.69. The van der Waals surface area contributed by atoms with E-state index in [0.29, 0.717) is 5.02 Å². The first kappa shape index (κ1) is 12.9. The molecule has 108 valence electrons. The highest BCUT2D eigenvalue weighted by Crippen LogP contribution is 2.33. The van der Waals surface area contributed by atoms with Crippen LogP contribution in [0.15, 0.2) is 28.9 Å². The van der Waals surface area contributed by atoms with Gasteiger partial charge < -0.3 is 14.6 Å². The fourth-order valence-electron chi connectivity index (χ4n) is 2.82. The van der Waals surface area contributed by atoms with E-state index >= 15 is 0 Å². The van der Waals surface area contributed by atoms with Gasteiger partial charge in [-0.2, -0.15) is 0 Å². The molecule has 0 bridgehead atoms. The normalized spacial score (nSPS) is 16.5. The van der Waals surface area contributed by atoms with E-state index in [0.717, 1.165) is 60.5 Å². The molecule has 0 atom stereocenters. The molecule has 0 unspecified atom stereocenters. The van der Waals surface area contributed by atoms with Crippen molar-refractivity contribution in [2.45, 2.75) is 6.42 Å². The summed E-state index contributed by atoms with van der Waals surface area (Å²) in [5.41, 5.74) is 2.37. The van der Waals surface area contributed by atoms with Crippen LogP contribution in [0.25, 0.3) is 22.1 Å². The minimum Gasteiger partial charge on any atom is -0.450 e. The van der Waals surface area contributed by atoms with E-state index in [1.807, 2.05) is 18.2 Å². The number of nitrogens with zero attached hydrogens (tertiary/aromatic N) is 3. The number of anilines is 1. The van der Waals surface area contributed by atoms with Crippen molar-refractivity contribution in [2.24, 2.45) is 0 Å². The molecule has 1 aliphatic rings. The molecule has 0 amide bonds. The highest BCUT2D eigenvalue weighted by molar-refractivity contribution is 6.31. The van der Waals surface area contributed by atoms with E-state index in [2.05, 4.69) is 20.2 Å². The smallest absolute Gasteiger partial charge is 0.196 e. The average molecular weight is 303 g/mol. The summed E-state index contributed by atoms with van der Waals surface area (Å²) in [5, 5.41) is 5.02. The summed E-state index contributed by atoms with van der Waals surface area (Å²) in [6.07, 6.45) is 2.70. The number of rotatable bonds is 1. The van der Waals surface area contributed by atoms with Crippen molar-refractivity contribution < 1.29 is 4.42 Å². The molecule has 6 heteroatoms. The SMILES string of the molecule is Clc1ccc2oc3c(N4CCCNCC4)ncnc3c2c1. The molecule has 2 aromatic heterocycles. The summed E-state index contributed by atoms with van der Waals surface area (Å²) in [7, 11) is 0. The van der Waals surface area contributed by atoms with Gasteiger partial charge in [0.15, 0.2) is 11.4 Å². The van der Waals surface area contributed by atoms with Gasteiger partial charge in [0, 0.05) is 30.0 Å². The quantitative estimate of drug-likeness (QED) is 0.749. The van der Waals surface area contributed by atoms with E-state index in [4.69, 9.17) is 16.0 Å². The monoisotopic (exact) mass is 302 g/mol. The third-order valence-electron chi connectivity index (χ3n) is 3.83. The highest BCUT2D eigenvalue weighted by Gasteiger charge is 2.19. The van der Waals surface area contributed by atoms with Gasteiger partial charge in [-0.3, -0.25) is 0 Å². The molecule has 0 spiro atoms. The summed E-state index contributed by atoms with van der Waals surface area (Å²) in [6.45, 7) is 3.89. The Morgan fingerprint density at radius 3 is 3.10 bits per heavy atom. The van der Waals surface area contributed by atoms with Gasteiger partial charge in [-0.1, -0.05) is 11.6 Å². The Morgan fingerprint density at radius 1 is 1.19 bits per heavy atom. The number of hydrogen-bond acceptors (Lipinski definition) is 5. The Labute approximate surface area is 126 Å². The second-order valence-electron chi connectivity index (χ2n) is 5.21. The van der Waals surface area contributed by atoms with Crippen LogP contribution in [0.2, 0.25) is 5.02 Å². The predicted molar refractivity (Wildman–Crippen MR) is 84.0 cm³/mol. The molecular formula is C15H15ClN4O. The molecule has 21 heavy (non-hydrogen) atoms. The standard InChI is InChI=1S/C15H15ClN4O/c16-10-2-3-12-11(8-10)13-14(21-12)15(19-9-18-13)20-6-1-4-17-5-7-20/h2-3,8-9,17H,1,4-7H2. The first-order valence-electron chi connectivity index (χ1n) is 7.11. The van der Waals surface area contributed by atoms with Crippen LogP contribution < -0.4 is 10.2 Å². The van der Waals surface area contributed by atoms with Crippen LogP contribution in [0.4, 0.5) is 5.82 Å². The molecule has 5 nitrogen and oxygen atoms in total. The Hall–Kier alpha value is -1.85. The first-order valence-corrected chi connectivity index (χ1v) is 7.49. The van der Waals surface area contributed by atoms with Gasteiger partial charge in [0.25, 0.3) is 0 Å². The largest absolute Gasteiger partial charge is 0.450 e. The number of halogens is 1. The van der Waals surface area contributed by atoms with Gasteiger partial charge >= 0.3 is 0 Å². The van der Waals surface area contributed by atoms with Crippen LogP contribution in [0.1, 0.15) is 6.42 Å². The predicted octanol–water partition coefficient (Wildman–Crippen LogP) is 2.83. The molecule has 0 saturated carbocycles. The molecule has 1 fully saturated rings. The van der Waals surface area contributed by atoms with Crippen molar-refractivity contribution in [3.63, 3.8) is 0 Å². The second kappa shape index (κ2) is 5.16. The lowest BCUT2D eigenvalue weighted by molar-refractivity contribution is 0.659. The van der Waals surface area contributed by atoms with E-state index in [1.165, 1.54) is 0 Å². The van der Waals surface area contributed by atoms with Crippen molar-refractivity contribution in [3.05, 3.63) is 29.5 Å². The van der Waals surface area contributed by atoms with E-state index < -0.39 is 0 Å². The Kier molecular flexibility index (Phi) is 3.16. The highest BCUT2D eigenvalue weighted by atomic mass is 35.5. The Bertz CT molecular complexity index is 793. The lowest BCUT2D eigenvalue weighted by atomic mass is 10.2. The van der Waals surface area contributed by atoms with E-state index in [1.54, 1.807) is 6.33 Å². The minimum absolute atomic E-state index is 0.685. The zero-order chi connectivity index (χ0) is 14.2. The molecule has 3 aromatic rings. The maximum atomic E-state index is 6.08. The van der Waals surface area contributed by atoms with Crippen molar-refractivity contribution in [3.8, 4) is 0 Å². The van der Waals surface area contributed by atoms with Gasteiger partial charge in [-0.15, -0.1) is 0 Å². The lowest BCUT2D eigenvalue weighted by Gasteiger charge is -2.20. The molecule has 0 aliphatic carbocycles. The molecule has 1 aromatic carbocycles. The maximum Gasteiger partial charge on any atom is 0.196 e. The fourth-order valence-corrected chi connectivity index (χ4v) is 2.99. The van der Waals surface area contributed by atoms with Gasteiger partial charge in [-0.25, -0.2) is 9.97 Å². The fraction of sp³-hybridized carbons (Fsp3) is 0.333. The topological polar surface area (TPSA) is 54.2 Å². The third kappa shape index (κ3) is 2.22. The number of nitrogens with one attached hydrogen (secondary N) is 1. The molecule has 1 N–H and O–H groups in total. The molecular weight excluding hydrogens is 288 g/mol. The Morgan fingerprint density at radius 2 is 2.14 bits per heavy atom. The summed E-state index contributed by atoms with van der Waals surface area (Å²) >= 11 is 6.08. The number of aromatic nitrogens is 2. The molecule has 4 rings (SSSR count). The maximum absolute atomic E-state index is 6.08. The first-order chi connectivity index (χ1) is 10.3. The van der Waals surface area contributed by atoms with Crippen LogP contribution in [-0.4, -0.2) is 36.1 Å². The molecule has 1 saturated heterocycles. The van der Waals surface area contributed by atoms with Gasteiger partial charge in [-0.05, 0) is 31.2 Å². The van der Waals surface area contributed by atoms with Gasteiger partial charge in [0.1, 0.15) is 17.4 Å². The number of fused-ring (bicyclic) bond motifs is 3. The number of benzene rings is 1. The Balaban J connectivity index is 1.91. The van der Waals surface area contributed by atoms with E-state index in [-0.39, 0.29) is 0 Å². The lowest BCUT2D eigenvalue weighted by Crippen LogP contribution is -2.28. The van der Waals surface area contributed by atoms with Crippen molar-refractivity contribution in [1.82, 2.24) is 15.3 Å². The van der Waals surface area contributed by atoms with Gasteiger partial charge in [0.05, 0.1) is 0 Å². The summed E-state index contributed by atoms with van der Waals surface area (Å²) in [4.78, 5) is 11.1. The van der Waals surface area contributed by atoms with Crippen molar-refractivity contribution in [1.29, 1.82) is 0 Å². The van der Waals surface area contributed by atoms with Crippen LogP contribution in [-0.2, 0) is 0 Å².